The Bertz CT molecular complexity index is 987. The van der Waals surface area contributed by atoms with Gasteiger partial charge in [0, 0.05) is 36.8 Å². The molecule has 176 valence electrons. The Kier molecular flexibility index (Phi) is 7.63. The fraction of sp³-hybridized carbons (Fsp3) is 0.481. The number of rotatable bonds is 8. The standard InChI is InChI=1S/C27H34FN3O2/c1-18-6-5-9-20(14-18)26(32)31-17-24(19-7-3-2-4-8-19)27(33)29-13-12-21-16-30-25-11-10-22(28)15-23(21)25/h5-6,9-11,14-15,19,21,24,30H,2-4,7-8,12-13,16-17H2,1H3,(H,29,33)(H,31,32). The van der Waals surface area contributed by atoms with Crippen molar-refractivity contribution in [3.8, 4) is 0 Å². The highest BCUT2D eigenvalue weighted by Crippen LogP contribution is 2.34. The summed E-state index contributed by atoms with van der Waals surface area (Å²) in [6.45, 7) is 3.60. The van der Waals surface area contributed by atoms with Crippen LogP contribution in [0.2, 0.25) is 0 Å². The maximum Gasteiger partial charge on any atom is 0.251 e. The molecule has 0 aromatic heterocycles. The maximum atomic E-state index is 13.7. The van der Waals surface area contributed by atoms with Gasteiger partial charge in [0.05, 0.1) is 5.92 Å². The van der Waals surface area contributed by atoms with Crippen LogP contribution in [0.1, 0.15) is 65.9 Å². The first-order chi connectivity index (χ1) is 16.0. The second-order valence-corrected chi connectivity index (χ2v) is 9.47. The van der Waals surface area contributed by atoms with Gasteiger partial charge in [-0.3, -0.25) is 9.59 Å². The van der Waals surface area contributed by atoms with E-state index in [1.54, 1.807) is 18.2 Å². The Balaban J connectivity index is 1.34. The summed E-state index contributed by atoms with van der Waals surface area (Å²) >= 11 is 0. The molecule has 3 N–H and O–H groups in total. The van der Waals surface area contributed by atoms with Gasteiger partial charge in [-0.2, -0.15) is 0 Å². The average Bonchev–Trinajstić information content (AvgIpc) is 3.21. The number of fused-ring (bicyclic) bond motifs is 1. The molecule has 1 aliphatic carbocycles. The first kappa shape index (κ1) is 23.3. The van der Waals surface area contributed by atoms with Crippen molar-refractivity contribution >= 4 is 17.5 Å². The molecule has 1 aliphatic heterocycles. The predicted octanol–water partition coefficient (Wildman–Crippen LogP) is 4.78. The monoisotopic (exact) mass is 451 g/mol. The smallest absolute Gasteiger partial charge is 0.251 e. The van der Waals surface area contributed by atoms with Crippen molar-refractivity contribution in [3.63, 3.8) is 0 Å². The van der Waals surface area contributed by atoms with Crippen LogP contribution < -0.4 is 16.0 Å². The summed E-state index contributed by atoms with van der Waals surface area (Å²) in [7, 11) is 0. The first-order valence-corrected chi connectivity index (χ1v) is 12.2. The third kappa shape index (κ3) is 5.92. The van der Waals surface area contributed by atoms with Crippen molar-refractivity contribution in [2.24, 2.45) is 11.8 Å². The summed E-state index contributed by atoms with van der Waals surface area (Å²) in [6.07, 6.45) is 6.29. The highest BCUT2D eigenvalue weighted by atomic mass is 19.1. The number of halogens is 1. The van der Waals surface area contributed by atoms with Crippen molar-refractivity contribution in [1.29, 1.82) is 0 Å². The Morgan fingerprint density at radius 2 is 1.91 bits per heavy atom. The number of hydrogen-bond acceptors (Lipinski definition) is 3. The average molecular weight is 452 g/mol. The summed E-state index contributed by atoms with van der Waals surface area (Å²) in [6, 6.07) is 12.3. The molecule has 1 fully saturated rings. The van der Waals surface area contributed by atoms with Crippen molar-refractivity contribution in [3.05, 3.63) is 65.0 Å². The van der Waals surface area contributed by atoms with E-state index in [1.807, 2.05) is 25.1 Å². The zero-order chi connectivity index (χ0) is 23.2. The molecule has 2 unspecified atom stereocenters. The maximum absolute atomic E-state index is 13.7. The molecule has 1 heterocycles. The number of carbonyl (C=O) groups is 2. The lowest BCUT2D eigenvalue weighted by Crippen LogP contribution is -2.43. The van der Waals surface area contributed by atoms with E-state index < -0.39 is 0 Å². The molecule has 0 spiro atoms. The van der Waals surface area contributed by atoms with E-state index in [1.165, 1.54) is 12.5 Å². The van der Waals surface area contributed by atoms with Crippen LogP contribution in [0.25, 0.3) is 0 Å². The van der Waals surface area contributed by atoms with Crippen molar-refractivity contribution in [2.45, 2.75) is 51.4 Å². The van der Waals surface area contributed by atoms with E-state index in [-0.39, 0.29) is 29.5 Å². The fourth-order valence-corrected chi connectivity index (χ4v) is 5.23. The quantitative estimate of drug-likeness (QED) is 0.541. The van der Waals surface area contributed by atoms with Crippen LogP contribution >= 0.6 is 0 Å². The minimum absolute atomic E-state index is 0.0110. The minimum atomic E-state index is -0.231. The number of anilines is 1. The van der Waals surface area contributed by atoms with Crippen LogP contribution in [0.15, 0.2) is 42.5 Å². The largest absolute Gasteiger partial charge is 0.384 e. The Morgan fingerprint density at radius 3 is 2.70 bits per heavy atom. The van der Waals surface area contributed by atoms with Gasteiger partial charge < -0.3 is 16.0 Å². The lowest BCUT2D eigenvalue weighted by Gasteiger charge is -2.29. The van der Waals surface area contributed by atoms with Gasteiger partial charge in [0.1, 0.15) is 5.82 Å². The van der Waals surface area contributed by atoms with Gasteiger partial charge >= 0.3 is 0 Å². The molecule has 2 aromatic rings. The third-order valence-electron chi connectivity index (χ3n) is 7.10. The molecule has 2 aliphatic rings. The molecule has 0 radical (unpaired) electrons. The lowest BCUT2D eigenvalue weighted by molar-refractivity contribution is -0.126. The Hall–Kier alpha value is -2.89. The number of aryl methyl sites for hydroxylation is 1. The second kappa shape index (κ2) is 10.8. The summed E-state index contributed by atoms with van der Waals surface area (Å²) < 4.78 is 13.7. The van der Waals surface area contributed by atoms with Gasteiger partial charge in [-0.25, -0.2) is 4.39 Å². The van der Waals surface area contributed by atoms with Crippen LogP contribution in [-0.4, -0.2) is 31.4 Å². The molecule has 4 rings (SSSR count). The van der Waals surface area contributed by atoms with Gasteiger partial charge in [0.2, 0.25) is 5.91 Å². The highest BCUT2D eigenvalue weighted by Gasteiger charge is 2.30. The van der Waals surface area contributed by atoms with Crippen LogP contribution in [0.5, 0.6) is 0 Å². The van der Waals surface area contributed by atoms with Crippen LogP contribution in [0, 0.1) is 24.6 Å². The fourth-order valence-electron chi connectivity index (χ4n) is 5.23. The molecular weight excluding hydrogens is 417 g/mol. The molecule has 6 heteroatoms. The van der Waals surface area contributed by atoms with Crippen molar-refractivity contribution in [2.75, 3.05) is 25.0 Å². The van der Waals surface area contributed by atoms with Gasteiger partial charge in [-0.05, 0) is 68.0 Å². The summed E-state index contributed by atoms with van der Waals surface area (Å²) in [5, 5.41) is 9.43. The highest BCUT2D eigenvalue weighted by molar-refractivity contribution is 5.94. The first-order valence-electron chi connectivity index (χ1n) is 12.2. The van der Waals surface area contributed by atoms with Crippen molar-refractivity contribution < 1.29 is 14.0 Å². The topological polar surface area (TPSA) is 70.2 Å². The number of benzene rings is 2. The lowest BCUT2D eigenvalue weighted by atomic mass is 9.79. The number of nitrogens with one attached hydrogen (secondary N) is 3. The van der Waals surface area contributed by atoms with E-state index in [4.69, 9.17) is 0 Å². The zero-order valence-corrected chi connectivity index (χ0v) is 19.3. The zero-order valence-electron chi connectivity index (χ0n) is 19.3. The number of carbonyl (C=O) groups excluding carboxylic acids is 2. The summed E-state index contributed by atoms with van der Waals surface area (Å²) in [5.74, 6) is -0.108. The molecule has 33 heavy (non-hydrogen) atoms. The van der Waals surface area contributed by atoms with E-state index in [0.29, 0.717) is 24.6 Å². The van der Waals surface area contributed by atoms with Gasteiger partial charge in [-0.15, -0.1) is 0 Å². The third-order valence-corrected chi connectivity index (χ3v) is 7.10. The van der Waals surface area contributed by atoms with E-state index in [2.05, 4.69) is 16.0 Å². The molecule has 2 atom stereocenters. The molecular formula is C27H34FN3O2. The molecule has 2 aromatic carbocycles. The van der Waals surface area contributed by atoms with Gasteiger partial charge in [-0.1, -0.05) is 37.0 Å². The predicted molar refractivity (Wildman–Crippen MR) is 129 cm³/mol. The van der Waals surface area contributed by atoms with Crippen molar-refractivity contribution in [1.82, 2.24) is 10.6 Å². The van der Waals surface area contributed by atoms with E-state index >= 15 is 0 Å². The van der Waals surface area contributed by atoms with E-state index in [9.17, 15) is 14.0 Å². The van der Waals surface area contributed by atoms with Crippen LogP contribution in [0.4, 0.5) is 10.1 Å². The number of amides is 2. The van der Waals surface area contributed by atoms with Gasteiger partial charge in [0.15, 0.2) is 0 Å². The SMILES string of the molecule is Cc1cccc(C(=O)NCC(C(=O)NCCC2CNc3ccc(F)cc32)C2CCCCC2)c1. The second-order valence-electron chi connectivity index (χ2n) is 9.47. The molecule has 1 saturated carbocycles. The normalized spacial score (nSPS) is 18.8. The summed E-state index contributed by atoms with van der Waals surface area (Å²) in [4.78, 5) is 25.8. The van der Waals surface area contributed by atoms with Crippen LogP contribution in [0.3, 0.4) is 0 Å². The number of hydrogen-bond donors (Lipinski definition) is 3. The molecule has 5 nitrogen and oxygen atoms in total. The Labute approximate surface area is 195 Å². The molecule has 0 saturated heterocycles. The summed E-state index contributed by atoms with van der Waals surface area (Å²) in [5.41, 5.74) is 3.62. The molecule has 2 amide bonds. The minimum Gasteiger partial charge on any atom is -0.384 e. The van der Waals surface area contributed by atoms with Gasteiger partial charge in [0.25, 0.3) is 5.91 Å². The Morgan fingerprint density at radius 1 is 1.09 bits per heavy atom. The molecule has 0 bridgehead atoms. The van der Waals surface area contributed by atoms with Crippen LogP contribution in [-0.2, 0) is 4.79 Å². The van der Waals surface area contributed by atoms with E-state index in [0.717, 1.165) is 55.5 Å².